The number of hydrogen-bond acceptors (Lipinski definition) is 1. The number of carbonyl (C=O) groups is 1. The molecule has 98 valence electrons. The van der Waals surface area contributed by atoms with Crippen LogP contribution in [0.2, 0.25) is 0 Å². The van der Waals surface area contributed by atoms with Gasteiger partial charge in [0.1, 0.15) is 6.04 Å². The summed E-state index contributed by atoms with van der Waals surface area (Å²) in [6, 6.07) is 8.18. The lowest BCUT2D eigenvalue weighted by molar-refractivity contribution is -0.221. The summed E-state index contributed by atoms with van der Waals surface area (Å²) in [5.74, 6) is -4.29. The zero-order valence-corrected chi connectivity index (χ0v) is 10.8. The number of alkyl halides is 2. The first-order chi connectivity index (χ1) is 8.24. The first kappa shape index (κ1) is 13.0. The van der Waals surface area contributed by atoms with Crippen molar-refractivity contribution in [3.8, 4) is 0 Å². The maximum atomic E-state index is 13.7. The molecular formula is C14H17F2NO. The molecule has 2 nitrogen and oxygen atoms in total. The molecule has 1 heterocycles. The van der Waals surface area contributed by atoms with E-state index in [1.54, 1.807) is 20.8 Å². The number of rotatable bonds is 2. The SMILES string of the molecule is CC(C)(C)C1N(Cc2ccccc2)C(=O)C1(F)F. The van der Waals surface area contributed by atoms with Gasteiger partial charge in [-0.05, 0) is 11.0 Å². The molecule has 1 aromatic carbocycles. The van der Waals surface area contributed by atoms with Gasteiger partial charge in [-0.25, -0.2) is 0 Å². The van der Waals surface area contributed by atoms with Crippen LogP contribution in [0.5, 0.6) is 0 Å². The molecule has 1 atom stereocenters. The van der Waals surface area contributed by atoms with Gasteiger partial charge in [0.25, 0.3) is 5.91 Å². The smallest absolute Gasteiger partial charge is 0.323 e. The third kappa shape index (κ3) is 2.00. The highest BCUT2D eigenvalue weighted by Gasteiger charge is 2.66. The summed E-state index contributed by atoms with van der Waals surface area (Å²) in [7, 11) is 0. The lowest BCUT2D eigenvalue weighted by Crippen LogP contribution is -2.73. The topological polar surface area (TPSA) is 20.3 Å². The highest BCUT2D eigenvalue weighted by Crippen LogP contribution is 2.46. The Bertz CT molecular complexity index is 451. The molecule has 0 aromatic heterocycles. The van der Waals surface area contributed by atoms with Gasteiger partial charge in [-0.3, -0.25) is 4.79 Å². The first-order valence-electron chi connectivity index (χ1n) is 5.97. The summed E-state index contributed by atoms with van der Waals surface area (Å²) in [6.07, 6.45) is 0. The summed E-state index contributed by atoms with van der Waals surface area (Å²) in [5, 5.41) is 0. The monoisotopic (exact) mass is 253 g/mol. The number of likely N-dealkylation sites (tertiary alicyclic amines) is 1. The van der Waals surface area contributed by atoms with Crippen LogP contribution in [-0.4, -0.2) is 22.8 Å². The molecule has 18 heavy (non-hydrogen) atoms. The number of hydrogen-bond donors (Lipinski definition) is 0. The van der Waals surface area contributed by atoms with Crippen LogP contribution in [-0.2, 0) is 11.3 Å². The molecule has 0 aliphatic carbocycles. The Morgan fingerprint density at radius 1 is 1.22 bits per heavy atom. The van der Waals surface area contributed by atoms with Crippen molar-refractivity contribution in [1.29, 1.82) is 0 Å². The van der Waals surface area contributed by atoms with Crippen molar-refractivity contribution in [3.63, 3.8) is 0 Å². The molecule has 1 unspecified atom stereocenters. The van der Waals surface area contributed by atoms with E-state index in [0.717, 1.165) is 5.56 Å². The molecule has 0 N–H and O–H groups in total. The van der Waals surface area contributed by atoms with Crippen LogP contribution in [0.1, 0.15) is 26.3 Å². The van der Waals surface area contributed by atoms with Crippen LogP contribution < -0.4 is 0 Å². The molecule has 1 aliphatic heterocycles. The van der Waals surface area contributed by atoms with Crippen LogP contribution >= 0.6 is 0 Å². The second-order valence-corrected chi connectivity index (χ2v) is 5.81. The van der Waals surface area contributed by atoms with E-state index in [0.29, 0.717) is 0 Å². The van der Waals surface area contributed by atoms with Crippen LogP contribution in [0.4, 0.5) is 8.78 Å². The summed E-state index contributed by atoms with van der Waals surface area (Å²) < 4.78 is 27.3. The molecule has 2 rings (SSSR count). The summed E-state index contributed by atoms with van der Waals surface area (Å²) in [5.41, 5.74) is 0.238. The number of nitrogens with zero attached hydrogens (tertiary/aromatic N) is 1. The van der Waals surface area contributed by atoms with E-state index >= 15 is 0 Å². The number of amides is 1. The molecule has 1 aliphatic rings. The summed E-state index contributed by atoms with van der Waals surface area (Å²) in [4.78, 5) is 12.8. The average Bonchev–Trinajstić information content (AvgIpc) is 2.27. The van der Waals surface area contributed by atoms with Crippen LogP contribution in [0, 0.1) is 5.41 Å². The molecule has 1 saturated heterocycles. The Morgan fingerprint density at radius 3 is 2.28 bits per heavy atom. The zero-order chi connectivity index (χ0) is 13.6. The van der Waals surface area contributed by atoms with E-state index in [4.69, 9.17) is 0 Å². The predicted octanol–water partition coefficient (Wildman–Crippen LogP) is 3.08. The Balaban J connectivity index is 2.21. The Morgan fingerprint density at radius 2 is 1.78 bits per heavy atom. The van der Waals surface area contributed by atoms with E-state index in [1.165, 1.54) is 4.90 Å². The largest absolute Gasteiger partial charge is 0.345 e. The molecule has 0 radical (unpaired) electrons. The van der Waals surface area contributed by atoms with Crippen molar-refractivity contribution < 1.29 is 13.6 Å². The van der Waals surface area contributed by atoms with Crippen LogP contribution in [0.25, 0.3) is 0 Å². The fourth-order valence-electron chi connectivity index (χ4n) is 2.51. The van der Waals surface area contributed by atoms with Gasteiger partial charge in [0.05, 0.1) is 0 Å². The Labute approximate surface area is 106 Å². The van der Waals surface area contributed by atoms with Gasteiger partial charge in [0, 0.05) is 6.54 Å². The molecular weight excluding hydrogens is 236 g/mol. The van der Waals surface area contributed by atoms with E-state index in [-0.39, 0.29) is 6.54 Å². The second-order valence-electron chi connectivity index (χ2n) is 5.81. The van der Waals surface area contributed by atoms with Crippen molar-refractivity contribution >= 4 is 5.91 Å². The van der Waals surface area contributed by atoms with Gasteiger partial charge < -0.3 is 4.90 Å². The van der Waals surface area contributed by atoms with Gasteiger partial charge in [0.15, 0.2) is 0 Å². The lowest BCUT2D eigenvalue weighted by Gasteiger charge is -2.52. The summed E-state index contributed by atoms with van der Waals surface area (Å²) in [6.45, 7) is 5.44. The van der Waals surface area contributed by atoms with Crippen molar-refractivity contribution in [2.24, 2.45) is 5.41 Å². The second kappa shape index (κ2) is 4.04. The normalized spacial score (nSPS) is 22.8. The molecule has 0 saturated carbocycles. The molecule has 1 aromatic rings. The highest BCUT2D eigenvalue weighted by atomic mass is 19.3. The van der Waals surface area contributed by atoms with E-state index in [9.17, 15) is 13.6 Å². The quantitative estimate of drug-likeness (QED) is 0.742. The third-order valence-corrected chi connectivity index (χ3v) is 3.22. The van der Waals surface area contributed by atoms with Crippen LogP contribution in [0.3, 0.4) is 0 Å². The lowest BCUT2D eigenvalue weighted by atomic mass is 9.76. The van der Waals surface area contributed by atoms with Gasteiger partial charge in [-0.2, -0.15) is 8.78 Å². The standard InChI is InChI=1S/C14H17F2NO/c1-13(2,3)11-14(15,16)12(18)17(11)9-10-7-5-4-6-8-10/h4-8,11H,9H2,1-3H3. The number of halogens is 2. The van der Waals surface area contributed by atoms with Crippen LogP contribution in [0.15, 0.2) is 30.3 Å². The molecule has 0 spiro atoms. The van der Waals surface area contributed by atoms with Crippen molar-refractivity contribution in [1.82, 2.24) is 4.90 Å². The van der Waals surface area contributed by atoms with E-state index in [1.807, 2.05) is 30.3 Å². The molecule has 0 bridgehead atoms. The Kier molecular flexibility index (Phi) is 2.92. The number of β-lactam (4-membered cyclic amide) rings is 1. The van der Waals surface area contributed by atoms with Crippen molar-refractivity contribution in [2.45, 2.75) is 39.3 Å². The minimum atomic E-state index is -3.23. The van der Waals surface area contributed by atoms with E-state index in [2.05, 4.69) is 0 Å². The average molecular weight is 253 g/mol. The van der Waals surface area contributed by atoms with Crippen molar-refractivity contribution in [2.75, 3.05) is 0 Å². The maximum absolute atomic E-state index is 13.7. The van der Waals surface area contributed by atoms with Crippen molar-refractivity contribution in [3.05, 3.63) is 35.9 Å². The Hall–Kier alpha value is -1.45. The minimum absolute atomic E-state index is 0.247. The first-order valence-corrected chi connectivity index (χ1v) is 5.97. The molecule has 1 fully saturated rings. The highest BCUT2D eigenvalue weighted by molar-refractivity contribution is 5.91. The number of carbonyl (C=O) groups excluding carboxylic acids is 1. The number of benzene rings is 1. The summed E-state index contributed by atoms with van der Waals surface area (Å²) >= 11 is 0. The molecule has 1 amide bonds. The fraction of sp³-hybridized carbons (Fsp3) is 0.500. The zero-order valence-electron chi connectivity index (χ0n) is 10.8. The van der Waals surface area contributed by atoms with Gasteiger partial charge >= 0.3 is 5.92 Å². The molecule has 4 heteroatoms. The minimum Gasteiger partial charge on any atom is -0.323 e. The van der Waals surface area contributed by atoms with E-state index < -0.39 is 23.3 Å². The third-order valence-electron chi connectivity index (χ3n) is 3.22. The van der Waals surface area contributed by atoms with Gasteiger partial charge in [-0.1, -0.05) is 51.1 Å². The van der Waals surface area contributed by atoms with Gasteiger partial charge in [-0.15, -0.1) is 0 Å². The maximum Gasteiger partial charge on any atom is 0.345 e. The predicted molar refractivity (Wildman–Crippen MR) is 65.2 cm³/mol. The van der Waals surface area contributed by atoms with Gasteiger partial charge in [0.2, 0.25) is 0 Å². The fourth-order valence-corrected chi connectivity index (χ4v) is 2.51.